The smallest absolute Gasteiger partial charge is 0.307 e. The molecule has 0 bridgehead atoms. The molecule has 1 amide bonds. The van der Waals surface area contributed by atoms with Crippen LogP contribution in [0.5, 0.6) is 0 Å². The molecular formula is C18H19NO3. The SMILES string of the molecule is O=C(O)[C@H]1CCCC[C@@H]1C(=O)Nc1cccc2ccccc12. The van der Waals surface area contributed by atoms with Crippen LogP contribution in [0.3, 0.4) is 0 Å². The van der Waals surface area contributed by atoms with Gasteiger partial charge in [-0.05, 0) is 24.3 Å². The van der Waals surface area contributed by atoms with Gasteiger partial charge in [0, 0.05) is 11.1 Å². The summed E-state index contributed by atoms with van der Waals surface area (Å²) in [6.45, 7) is 0. The van der Waals surface area contributed by atoms with Crippen LogP contribution in [0.4, 0.5) is 5.69 Å². The number of nitrogens with one attached hydrogen (secondary N) is 1. The molecule has 0 aromatic heterocycles. The molecule has 0 unspecified atom stereocenters. The number of carbonyl (C=O) groups excluding carboxylic acids is 1. The topological polar surface area (TPSA) is 66.4 Å². The Balaban J connectivity index is 1.85. The Hall–Kier alpha value is -2.36. The number of hydrogen-bond donors (Lipinski definition) is 2. The fourth-order valence-electron chi connectivity index (χ4n) is 3.30. The Morgan fingerprint density at radius 2 is 1.64 bits per heavy atom. The van der Waals surface area contributed by atoms with E-state index in [1.807, 2.05) is 42.5 Å². The van der Waals surface area contributed by atoms with Gasteiger partial charge < -0.3 is 10.4 Å². The van der Waals surface area contributed by atoms with Gasteiger partial charge in [0.15, 0.2) is 0 Å². The van der Waals surface area contributed by atoms with E-state index in [4.69, 9.17) is 0 Å². The van der Waals surface area contributed by atoms with Crippen LogP contribution in [0.1, 0.15) is 25.7 Å². The Bertz CT molecular complexity index is 705. The molecule has 2 aromatic carbocycles. The number of hydrogen-bond acceptors (Lipinski definition) is 2. The van der Waals surface area contributed by atoms with E-state index in [1.165, 1.54) is 0 Å². The van der Waals surface area contributed by atoms with Crippen LogP contribution in [-0.4, -0.2) is 17.0 Å². The summed E-state index contributed by atoms with van der Waals surface area (Å²) in [5.74, 6) is -2.05. The summed E-state index contributed by atoms with van der Waals surface area (Å²) in [4.78, 5) is 23.9. The van der Waals surface area contributed by atoms with Crippen LogP contribution >= 0.6 is 0 Å². The van der Waals surface area contributed by atoms with Crippen molar-refractivity contribution in [3.63, 3.8) is 0 Å². The van der Waals surface area contributed by atoms with Gasteiger partial charge in [0.2, 0.25) is 5.91 Å². The zero-order valence-electron chi connectivity index (χ0n) is 12.3. The highest BCUT2D eigenvalue weighted by atomic mass is 16.4. The Kier molecular flexibility index (Phi) is 4.09. The third-order valence-corrected chi connectivity index (χ3v) is 4.47. The lowest BCUT2D eigenvalue weighted by molar-refractivity contribution is -0.147. The molecule has 0 aliphatic heterocycles. The Labute approximate surface area is 129 Å². The predicted octanol–water partition coefficient (Wildman–Crippen LogP) is 3.67. The quantitative estimate of drug-likeness (QED) is 0.908. The van der Waals surface area contributed by atoms with Crippen LogP contribution < -0.4 is 5.32 Å². The molecule has 1 fully saturated rings. The minimum atomic E-state index is -0.863. The van der Waals surface area contributed by atoms with Gasteiger partial charge in [-0.2, -0.15) is 0 Å². The van der Waals surface area contributed by atoms with Crippen molar-refractivity contribution >= 4 is 28.3 Å². The summed E-state index contributed by atoms with van der Waals surface area (Å²) in [6, 6.07) is 13.6. The lowest BCUT2D eigenvalue weighted by Crippen LogP contribution is -2.36. The van der Waals surface area contributed by atoms with Gasteiger partial charge in [-0.1, -0.05) is 49.2 Å². The molecule has 22 heavy (non-hydrogen) atoms. The standard InChI is InChI=1S/C18H19NO3/c20-17(14-9-3-4-10-15(14)18(21)22)19-16-11-5-7-12-6-1-2-8-13(12)16/h1-2,5-8,11,14-15H,3-4,9-10H2,(H,19,20)(H,21,22)/t14-,15-/m0/s1. The molecule has 0 saturated heterocycles. The van der Waals surface area contributed by atoms with E-state index < -0.39 is 17.8 Å². The number of benzene rings is 2. The fraction of sp³-hybridized carbons (Fsp3) is 0.333. The Morgan fingerprint density at radius 1 is 0.955 bits per heavy atom. The summed E-state index contributed by atoms with van der Waals surface area (Å²) in [5.41, 5.74) is 0.748. The molecule has 3 rings (SSSR count). The second-order valence-corrected chi connectivity index (χ2v) is 5.85. The molecule has 0 spiro atoms. The minimum Gasteiger partial charge on any atom is -0.481 e. The molecule has 4 heteroatoms. The van der Waals surface area contributed by atoms with E-state index in [9.17, 15) is 14.7 Å². The summed E-state index contributed by atoms with van der Waals surface area (Å²) in [6.07, 6.45) is 3.03. The summed E-state index contributed by atoms with van der Waals surface area (Å²) in [7, 11) is 0. The van der Waals surface area contributed by atoms with Crippen LogP contribution in [0, 0.1) is 11.8 Å². The van der Waals surface area contributed by atoms with Crippen molar-refractivity contribution < 1.29 is 14.7 Å². The summed E-state index contributed by atoms with van der Waals surface area (Å²) in [5, 5.41) is 14.3. The van der Waals surface area contributed by atoms with Crippen molar-refractivity contribution in [2.45, 2.75) is 25.7 Å². The van der Waals surface area contributed by atoms with Crippen LogP contribution in [0.2, 0.25) is 0 Å². The largest absolute Gasteiger partial charge is 0.481 e. The van der Waals surface area contributed by atoms with Gasteiger partial charge in [0.1, 0.15) is 0 Å². The molecular weight excluding hydrogens is 278 g/mol. The molecule has 0 heterocycles. The van der Waals surface area contributed by atoms with Gasteiger partial charge >= 0.3 is 5.97 Å². The molecule has 1 saturated carbocycles. The van der Waals surface area contributed by atoms with E-state index in [2.05, 4.69) is 5.32 Å². The lowest BCUT2D eigenvalue weighted by atomic mass is 9.78. The first kappa shape index (κ1) is 14.6. The maximum Gasteiger partial charge on any atom is 0.307 e. The molecule has 2 atom stereocenters. The average Bonchev–Trinajstić information content (AvgIpc) is 2.55. The second-order valence-electron chi connectivity index (χ2n) is 5.85. The number of aliphatic carboxylic acids is 1. The summed E-state index contributed by atoms with van der Waals surface area (Å²) >= 11 is 0. The zero-order chi connectivity index (χ0) is 15.5. The van der Waals surface area contributed by atoms with Gasteiger partial charge in [-0.15, -0.1) is 0 Å². The van der Waals surface area contributed by atoms with Crippen molar-refractivity contribution in [2.24, 2.45) is 11.8 Å². The zero-order valence-corrected chi connectivity index (χ0v) is 12.3. The number of carbonyl (C=O) groups is 2. The molecule has 2 aromatic rings. The van der Waals surface area contributed by atoms with Crippen molar-refractivity contribution in [1.29, 1.82) is 0 Å². The molecule has 2 N–H and O–H groups in total. The van der Waals surface area contributed by atoms with Crippen molar-refractivity contribution in [2.75, 3.05) is 5.32 Å². The first-order valence-electron chi connectivity index (χ1n) is 7.68. The minimum absolute atomic E-state index is 0.177. The predicted molar refractivity (Wildman–Crippen MR) is 85.7 cm³/mol. The maximum atomic E-state index is 12.6. The summed E-state index contributed by atoms with van der Waals surface area (Å²) < 4.78 is 0. The van der Waals surface area contributed by atoms with Crippen molar-refractivity contribution in [1.82, 2.24) is 0 Å². The normalized spacial score (nSPS) is 21.5. The maximum absolute atomic E-state index is 12.6. The van der Waals surface area contributed by atoms with E-state index in [0.29, 0.717) is 12.8 Å². The third-order valence-electron chi connectivity index (χ3n) is 4.47. The monoisotopic (exact) mass is 297 g/mol. The molecule has 1 aliphatic carbocycles. The molecule has 114 valence electrons. The average molecular weight is 297 g/mol. The molecule has 0 radical (unpaired) electrons. The van der Waals surface area contributed by atoms with Crippen LogP contribution in [-0.2, 0) is 9.59 Å². The number of fused-ring (bicyclic) bond motifs is 1. The van der Waals surface area contributed by atoms with Gasteiger partial charge in [0.05, 0.1) is 11.8 Å². The van der Waals surface area contributed by atoms with Crippen molar-refractivity contribution in [3.05, 3.63) is 42.5 Å². The highest BCUT2D eigenvalue weighted by Crippen LogP contribution is 2.32. The molecule has 1 aliphatic rings. The highest BCUT2D eigenvalue weighted by Gasteiger charge is 2.35. The fourth-order valence-corrected chi connectivity index (χ4v) is 3.30. The first-order valence-corrected chi connectivity index (χ1v) is 7.68. The number of carboxylic acids is 1. The number of amides is 1. The number of anilines is 1. The lowest BCUT2D eigenvalue weighted by Gasteiger charge is -2.27. The van der Waals surface area contributed by atoms with E-state index in [-0.39, 0.29) is 5.91 Å². The first-order chi connectivity index (χ1) is 10.7. The van der Waals surface area contributed by atoms with Gasteiger partial charge in [0.25, 0.3) is 0 Å². The van der Waals surface area contributed by atoms with E-state index in [0.717, 1.165) is 29.3 Å². The van der Waals surface area contributed by atoms with E-state index >= 15 is 0 Å². The van der Waals surface area contributed by atoms with E-state index in [1.54, 1.807) is 0 Å². The second kappa shape index (κ2) is 6.18. The van der Waals surface area contributed by atoms with Crippen LogP contribution in [0.25, 0.3) is 10.8 Å². The number of carboxylic acid groups (broad SMARTS) is 1. The highest BCUT2D eigenvalue weighted by molar-refractivity contribution is 6.03. The third kappa shape index (κ3) is 2.82. The van der Waals surface area contributed by atoms with Crippen LogP contribution in [0.15, 0.2) is 42.5 Å². The Morgan fingerprint density at radius 3 is 2.41 bits per heavy atom. The number of rotatable bonds is 3. The van der Waals surface area contributed by atoms with Gasteiger partial charge in [-0.3, -0.25) is 9.59 Å². The molecule has 4 nitrogen and oxygen atoms in total. The van der Waals surface area contributed by atoms with Gasteiger partial charge in [-0.25, -0.2) is 0 Å². The van der Waals surface area contributed by atoms with Crippen molar-refractivity contribution in [3.8, 4) is 0 Å².